The SMILES string of the molecule is CNc1cc(=O)[nH]c(SCc2c(Cl)ccc(Cl)c2Cl)n1. The molecule has 0 amide bonds. The summed E-state index contributed by atoms with van der Waals surface area (Å²) in [6.07, 6.45) is 0. The lowest BCUT2D eigenvalue weighted by Gasteiger charge is -2.08. The minimum Gasteiger partial charge on any atom is -0.373 e. The van der Waals surface area contributed by atoms with E-state index in [0.29, 0.717) is 37.4 Å². The molecule has 1 aromatic heterocycles. The molecule has 2 rings (SSSR count). The first-order valence-electron chi connectivity index (χ1n) is 5.55. The van der Waals surface area contributed by atoms with Crippen molar-refractivity contribution in [2.24, 2.45) is 0 Å². The van der Waals surface area contributed by atoms with Crippen LogP contribution in [0.5, 0.6) is 0 Å². The van der Waals surface area contributed by atoms with E-state index in [2.05, 4.69) is 15.3 Å². The van der Waals surface area contributed by atoms with Gasteiger partial charge in [0.25, 0.3) is 5.56 Å². The van der Waals surface area contributed by atoms with Gasteiger partial charge in [-0.1, -0.05) is 46.6 Å². The van der Waals surface area contributed by atoms with Gasteiger partial charge in [0, 0.05) is 29.5 Å². The van der Waals surface area contributed by atoms with Gasteiger partial charge in [-0.25, -0.2) is 4.98 Å². The van der Waals surface area contributed by atoms with E-state index in [-0.39, 0.29) is 5.56 Å². The van der Waals surface area contributed by atoms with Gasteiger partial charge in [-0.05, 0) is 12.1 Å². The molecule has 4 nitrogen and oxygen atoms in total. The van der Waals surface area contributed by atoms with Crippen LogP contribution in [-0.4, -0.2) is 17.0 Å². The number of H-pyrrole nitrogens is 1. The van der Waals surface area contributed by atoms with Crippen LogP contribution < -0.4 is 10.9 Å². The van der Waals surface area contributed by atoms with Crippen LogP contribution in [-0.2, 0) is 5.75 Å². The summed E-state index contributed by atoms with van der Waals surface area (Å²) in [4.78, 5) is 18.3. The van der Waals surface area contributed by atoms with Gasteiger partial charge >= 0.3 is 0 Å². The minimum absolute atomic E-state index is 0.227. The van der Waals surface area contributed by atoms with Crippen molar-refractivity contribution in [2.45, 2.75) is 10.9 Å². The first-order chi connectivity index (χ1) is 9.51. The summed E-state index contributed by atoms with van der Waals surface area (Å²) in [5.74, 6) is 0.952. The van der Waals surface area contributed by atoms with Crippen molar-refractivity contribution in [3.63, 3.8) is 0 Å². The van der Waals surface area contributed by atoms with Crippen molar-refractivity contribution in [1.82, 2.24) is 9.97 Å². The summed E-state index contributed by atoms with van der Waals surface area (Å²) in [7, 11) is 1.70. The maximum Gasteiger partial charge on any atom is 0.253 e. The van der Waals surface area contributed by atoms with Gasteiger partial charge in [0.1, 0.15) is 5.82 Å². The van der Waals surface area contributed by atoms with Crippen LogP contribution in [0.2, 0.25) is 15.1 Å². The van der Waals surface area contributed by atoms with Crippen LogP contribution in [0.15, 0.2) is 28.2 Å². The van der Waals surface area contributed by atoms with E-state index in [9.17, 15) is 4.79 Å². The molecule has 0 atom stereocenters. The third-order valence-corrected chi connectivity index (χ3v) is 4.57. The van der Waals surface area contributed by atoms with Gasteiger partial charge < -0.3 is 10.3 Å². The molecule has 0 fully saturated rings. The Morgan fingerprint density at radius 1 is 1.30 bits per heavy atom. The van der Waals surface area contributed by atoms with Crippen molar-refractivity contribution in [3.8, 4) is 0 Å². The smallest absolute Gasteiger partial charge is 0.253 e. The van der Waals surface area contributed by atoms with E-state index < -0.39 is 0 Å². The second-order valence-corrected chi connectivity index (χ2v) is 5.95. The van der Waals surface area contributed by atoms with E-state index >= 15 is 0 Å². The third-order valence-electron chi connectivity index (χ3n) is 2.47. The Labute approximate surface area is 134 Å². The number of rotatable bonds is 4. The fourth-order valence-electron chi connectivity index (χ4n) is 1.47. The van der Waals surface area contributed by atoms with Crippen LogP contribution >= 0.6 is 46.6 Å². The van der Waals surface area contributed by atoms with Crippen LogP contribution in [0.3, 0.4) is 0 Å². The molecular weight excluding hydrogens is 341 g/mol. The molecule has 0 aliphatic rings. The van der Waals surface area contributed by atoms with Crippen LogP contribution in [0.25, 0.3) is 0 Å². The highest BCUT2D eigenvalue weighted by molar-refractivity contribution is 7.98. The standard InChI is InChI=1S/C12H10Cl3N3OS/c1-16-9-4-10(19)18-12(17-9)20-5-6-7(13)2-3-8(14)11(6)15/h2-4H,5H2,1H3,(H2,16,17,18,19). The maximum absolute atomic E-state index is 11.4. The maximum atomic E-state index is 11.4. The molecule has 1 aromatic carbocycles. The molecule has 2 aromatic rings. The average Bonchev–Trinajstić information content (AvgIpc) is 2.42. The Kier molecular flexibility index (Phi) is 5.21. The molecule has 106 valence electrons. The molecule has 20 heavy (non-hydrogen) atoms. The number of halogens is 3. The Morgan fingerprint density at radius 3 is 2.70 bits per heavy atom. The number of thioether (sulfide) groups is 1. The Bertz CT molecular complexity index is 690. The summed E-state index contributed by atoms with van der Waals surface area (Å²) in [6, 6.07) is 4.71. The van der Waals surface area contributed by atoms with Crippen molar-refractivity contribution in [2.75, 3.05) is 12.4 Å². The van der Waals surface area contributed by atoms with Crippen LogP contribution in [0, 0.1) is 0 Å². The zero-order valence-corrected chi connectivity index (χ0v) is 13.4. The monoisotopic (exact) mass is 349 g/mol. The first kappa shape index (κ1) is 15.5. The summed E-state index contributed by atoms with van der Waals surface area (Å²) >= 11 is 19.5. The van der Waals surface area contributed by atoms with Crippen LogP contribution in [0.1, 0.15) is 5.56 Å². The van der Waals surface area contributed by atoms with Crippen molar-refractivity contribution in [3.05, 3.63) is 49.2 Å². The average molecular weight is 351 g/mol. The fourth-order valence-corrected chi connectivity index (χ4v) is 3.23. The molecule has 0 radical (unpaired) electrons. The molecule has 0 aliphatic heterocycles. The second kappa shape index (κ2) is 6.72. The van der Waals surface area contributed by atoms with Gasteiger partial charge in [-0.3, -0.25) is 4.79 Å². The number of nitrogens with one attached hydrogen (secondary N) is 2. The van der Waals surface area contributed by atoms with Crippen molar-refractivity contribution >= 4 is 52.4 Å². The minimum atomic E-state index is -0.227. The Hall–Kier alpha value is -0.880. The number of benzene rings is 1. The second-order valence-electron chi connectivity index (χ2n) is 3.80. The molecule has 1 heterocycles. The van der Waals surface area contributed by atoms with Gasteiger partial charge in [-0.15, -0.1) is 0 Å². The number of hydrogen-bond donors (Lipinski definition) is 2. The zero-order chi connectivity index (χ0) is 14.7. The summed E-state index contributed by atoms with van der Waals surface area (Å²) in [5.41, 5.74) is 0.485. The van der Waals surface area contributed by atoms with Gasteiger partial charge in [0.15, 0.2) is 5.16 Å². The van der Waals surface area contributed by atoms with Crippen LogP contribution in [0.4, 0.5) is 5.82 Å². The Morgan fingerprint density at radius 2 is 2.00 bits per heavy atom. The van der Waals surface area contributed by atoms with Crippen molar-refractivity contribution < 1.29 is 0 Å². The molecule has 0 bridgehead atoms. The normalized spacial score (nSPS) is 10.6. The highest BCUT2D eigenvalue weighted by Crippen LogP contribution is 2.35. The number of hydrogen-bond acceptors (Lipinski definition) is 4. The topological polar surface area (TPSA) is 57.8 Å². The summed E-state index contributed by atoms with van der Waals surface area (Å²) < 4.78 is 0. The fraction of sp³-hybridized carbons (Fsp3) is 0.167. The first-order valence-corrected chi connectivity index (χ1v) is 7.67. The molecule has 8 heteroatoms. The Balaban J connectivity index is 2.23. The number of anilines is 1. The van der Waals surface area contributed by atoms with Gasteiger partial charge in [0.05, 0.1) is 10.0 Å². The molecule has 0 aliphatic carbocycles. The number of aromatic nitrogens is 2. The van der Waals surface area contributed by atoms with Gasteiger partial charge in [-0.2, -0.15) is 0 Å². The lowest BCUT2D eigenvalue weighted by molar-refractivity contribution is 0.939. The largest absolute Gasteiger partial charge is 0.373 e. The lowest BCUT2D eigenvalue weighted by Crippen LogP contribution is -2.09. The van der Waals surface area contributed by atoms with E-state index in [1.54, 1.807) is 19.2 Å². The summed E-state index contributed by atoms with van der Waals surface area (Å²) in [5, 5.41) is 4.69. The number of aromatic amines is 1. The van der Waals surface area contributed by atoms with Crippen molar-refractivity contribution in [1.29, 1.82) is 0 Å². The lowest BCUT2D eigenvalue weighted by atomic mass is 10.2. The van der Waals surface area contributed by atoms with E-state index in [1.165, 1.54) is 17.8 Å². The highest BCUT2D eigenvalue weighted by Gasteiger charge is 2.11. The summed E-state index contributed by atoms with van der Waals surface area (Å²) in [6.45, 7) is 0. The molecule has 0 unspecified atom stereocenters. The van der Waals surface area contributed by atoms with E-state index in [4.69, 9.17) is 34.8 Å². The molecule has 0 saturated heterocycles. The highest BCUT2D eigenvalue weighted by atomic mass is 35.5. The van der Waals surface area contributed by atoms with E-state index in [1.807, 2.05) is 0 Å². The predicted molar refractivity (Wildman–Crippen MR) is 85.4 cm³/mol. The predicted octanol–water partition coefficient (Wildman–Crippen LogP) is 4.06. The van der Waals surface area contributed by atoms with E-state index in [0.717, 1.165) is 0 Å². The van der Waals surface area contributed by atoms with Gasteiger partial charge in [0.2, 0.25) is 0 Å². The third kappa shape index (κ3) is 3.61. The molecule has 0 spiro atoms. The molecule has 0 saturated carbocycles. The quantitative estimate of drug-likeness (QED) is 0.496. The molecular formula is C12H10Cl3N3OS. The molecule has 2 N–H and O–H groups in total. The number of nitrogens with zero attached hydrogens (tertiary/aromatic N) is 1. The zero-order valence-electron chi connectivity index (χ0n) is 10.3.